The van der Waals surface area contributed by atoms with Crippen LogP contribution in [0.3, 0.4) is 0 Å². The summed E-state index contributed by atoms with van der Waals surface area (Å²) in [6.45, 7) is 2.92. The lowest BCUT2D eigenvalue weighted by Gasteiger charge is -2.52. The number of hydrazone groups is 1. The van der Waals surface area contributed by atoms with Crippen molar-refractivity contribution < 1.29 is 4.79 Å². The van der Waals surface area contributed by atoms with Gasteiger partial charge in [0.1, 0.15) is 5.41 Å². The first-order valence-electron chi connectivity index (χ1n) is 12.2. The smallest absolute Gasteiger partial charge is 0.261 e. The number of carbonyl (C=O) groups excluding carboxylic acids is 1. The second-order valence-corrected chi connectivity index (χ2v) is 10.9. The summed E-state index contributed by atoms with van der Waals surface area (Å²) in [5.41, 5.74) is 4.61. The maximum absolute atomic E-state index is 14.3. The molecule has 3 aliphatic heterocycles. The van der Waals surface area contributed by atoms with Gasteiger partial charge in [0.05, 0.1) is 11.4 Å². The first-order chi connectivity index (χ1) is 17.0. The maximum atomic E-state index is 14.3. The zero-order valence-electron chi connectivity index (χ0n) is 19.6. The van der Waals surface area contributed by atoms with Crippen molar-refractivity contribution >= 4 is 46.2 Å². The minimum atomic E-state index is -0.699. The fourth-order valence-electron chi connectivity index (χ4n) is 6.27. The minimum Gasteiger partial charge on any atom is -0.367 e. The Balaban J connectivity index is 1.41. The molecule has 6 heteroatoms. The Labute approximate surface area is 216 Å². The van der Waals surface area contributed by atoms with Gasteiger partial charge in [0.15, 0.2) is 0 Å². The summed E-state index contributed by atoms with van der Waals surface area (Å²) in [6, 6.07) is 24.1. The van der Waals surface area contributed by atoms with Crippen molar-refractivity contribution in [1.82, 2.24) is 0 Å². The molecule has 3 heterocycles. The van der Waals surface area contributed by atoms with E-state index < -0.39 is 5.41 Å². The molecule has 3 aromatic carbocycles. The highest BCUT2D eigenvalue weighted by Gasteiger charge is 2.59. The molecule has 0 saturated carbocycles. The molecule has 0 aromatic heterocycles. The van der Waals surface area contributed by atoms with Gasteiger partial charge in [0.2, 0.25) is 0 Å². The molecule has 0 unspecified atom stereocenters. The van der Waals surface area contributed by atoms with E-state index in [0.29, 0.717) is 17.4 Å². The number of nitrogens with zero attached hydrogens (tertiary/aromatic N) is 3. The molecular formula is C29H27Cl2N3O. The average molecular weight is 504 g/mol. The average Bonchev–Trinajstić information content (AvgIpc) is 3.11. The Bertz CT molecular complexity index is 1310. The predicted octanol–water partition coefficient (Wildman–Crippen LogP) is 6.79. The number of halogens is 2. The Morgan fingerprint density at radius 3 is 2.51 bits per heavy atom. The molecule has 3 aromatic rings. The second-order valence-electron chi connectivity index (χ2n) is 9.99. The molecule has 0 bridgehead atoms. The van der Waals surface area contributed by atoms with Crippen LogP contribution in [-0.2, 0) is 17.6 Å². The number of hydrogen-bond donors (Lipinski definition) is 0. The van der Waals surface area contributed by atoms with E-state index in [1.807, 2.05) is 25.1 Å². The summed E-state index contributed by atoms with van der Waals surface area (Å²) in [5.74, 6) is 0.551. The van der Waals surface area contributed by atoms with Crippen LogP contribution >= 0.6 is 23.2 Å². The molecular weight excluding hydrogens is 477 g/mol. The molecule has 178 valence electrons. The summed E-state index contributed by atoms with van der Waals surface area (Å²) in [4.78, 5) is 16.7. The maximum Gasteiger partial charge on any atom is 0.261 e. The van der Waals surface area contributed by atoms with Crippen LogP contribution in [-0.4, -0.2) is 24.2 Å². The van der Waals surface area contributed by atoms with Gasteiger partial charge in [-0.15, -0.1) is 0 Å². The van der Waals surface area contributed by atoms with E-state index in [-0.39, 0.29) is 11.9 Å². The fraction of sp³-hybridized carbons (Fsp3) is 0.310. The number of benzene rings is 3. The molecule has 35 heavy (non-hydrogen) atoms. The number of piperidine rings is 1. The Hall–Kier alpha value is -2.82. The largest absolute Gasteiger partial charge is 0.367 e. The molecule has 0 radical (unpaired) electrons. The summed E-state index contributed by atoms with van der Waals surface area (Å²) < 4.78 is 0. The third kappa shape index (κ3) is 3.75. The van der Waals surface area contributed by atoms with E-state index >= 15 is 0 Å². The van der Waals surface area contributed by atoms with Crippen molar-refractivity contribution in [2.24, 2.45) is 16.4 Å². The Morgan fingerprint density at radius 1 is 1.00 bits per heavy atom. The Morgan fingerprint density at radius 2 is 1.74 bits per heavy atom. The lowest BCUT2D eigenvalue weighted by molar-refractivity contribution is -0.125. The number of amides is 1. The molecule has 1 saturated heterocycles. The number of hydrogen-bond acceptors (Lipinski definition) is 3. The van der Waals surface area contributed by atoms with Crippen molar-refractivity contribution in [1.29, 1.82) is 0 Å². The second kappa shape index (κ2) is 8.69. The van der Waals surface area contributed by atoms with Gasteiger partial charge in [-0.3, -0.25) is 4.79 Å². The molecule has 4 nitrogen and oxygen atoms in total. The summed E-state index contributed by atoms with van der Waals surface area (Å²) in [6.07, 6.45) is 3.68. The van der Waals surface area contributed by atoms with Crippen LogP contribution < -0.4 is 9.91 Å². The van der Waals surface area contributed by atoms with E-state index in [2.05, 4.69) is 47.4 Å². The highest BCUT2D eigenvalue weighted by Crippen LogP contribution is 2.51. The van der Waals surface area contributed by atoms with Crippen LogP contribution in [0.15, 0.2) is 77.9 Å². The highest BCUT2D eigenvalue weighted by molar-refractivity contribution is 6.31. The first-order valence-corrected chi connectivity index (χ1v) is 13.0. The van der Waals surface area contributed by atoms with Crippen molar-refractivity contribution in [3.63, 3.8) is 0 Å². The quantitative estimate of drug-likeness (QED) is 0.394. The van der Waals surface area contributed by atoms with Crippen molar-refractivity contribution in [2.45, 2.75) is 38.6 Å². The number of rotatable bonds is 3. The molecule has 3 atom stereocenters. The molecule has 0 N–H and O–H groups in total. The topological polar surface area (TPSA) is 35.9 Å². The van der Waals surface area contributed by atoms with Crippen LogP contribution in [0.2, 0.25) is 10.0 Å². The van der Waals surface area contributed by atoms with Gasteiger partial charge in [0, 0.05) is 28.3 Å². The summed E-state index contributed by atoms with van der Waals surface area (Å²) >= 11 is 12.5. The molecule has 1 fully saturated rings. The summed E-state index contributed by atoms with van der Waals surface area (Å²) in [7, 11) is 0. The van der Waals surface area contributed by atoms with Crippen LogP contribution in [0.4, 0.5) is 11.4 Å². The highest BCUT2D eigenvalue weighted by atomic mass is 35.5. The lowest BCUT2D eigenvalue weighted by Crippen LogP contribution is -2.62. The van der Waals surface area contributed by atoms with Crippen LogP contribution in [0.5, 0.6) is 0 Å². The number of carbonyl (C=O) groups is 1. The van der Waals surface area contributed by atoms with Gasteiger partial charge in [-0.25, -0.2) is 0 Å². The SMILES string of the molecule is CC1=NN(c2ccc(Cl)cc2)C(=O)[C@]12Cc1ccc(Cl)cc1N1CC[C@H](Cc3ccccc3)C[C@H]12. The van der Waals surface area contributed by atoms with E-state index in [1.54, 1.807) is 17.1 Å². The number of anilines is 2. The van der Waals surface area contributed by atoms with E-state index in [4.69, 9.17) is 28.3 Å². The van der Waals surface area contributed by atoms with Crippen LogP contribution in [0.25, 0.3) is 0 Å². The first kappa shape index (κ1) is 22.6. The monoisotopic (exact) mass is 503 g/mol. The van der Waals surface area contributed by atoms with Gasteiger partial charge in [-0.05, 0) is 86.1 Å². The van der Waals surface area contributed by atoms with Crippen LogP contribution in [0.1, 0.15) is 30.9 Å². The van der Waals surface area contributed by atoms with Gasteiger partial charge in [-0.2, -0.15) is 10.1 Å². The van der Waals surface area contributed by atoms with Crippen molar-refractivity contribution in [3.05, 3.63) is 94.0 Å². The van der Waals surface area contributed by atoms with Gasteiger partial charge in [0.25, 0.3) is 5.91 Å². The zero-order valence-corrected chi connectivity index (χ0v) is 21.1. The molecule has 6 rings (SSSR count). The third-order valence-corrected chi connectivity index (χ3v) is 8.50. The standard InChI is InChI=1S/C29H27Cl2N3O/c1-19-29(28(35)34(32-19)25-11-9-23(30)10-12-25)18-22-7-8-24(31)17-26(22)33-14-13-21(16-27(29)33)15-20-5-3-2-4-6-20/h2-12,17,21,27H,13-16,18H2,1H3/t21-,27+,29-/m1/s1. The molecule has 3 aliphatic rings. The minimum absolute atomic E-state index is 0.0319. The molecule has 0 aliphatic carbocycles. The van der Waals surface area contributed by atoms with Crippen LogP contribution in [0, 0.1) is 11.3 Å². The van der Waals surface area contributed by atoms with Gasteiger partial charge >= 0.3 is 0 Å². The van der Waals surface area contributed by atoms with E-state index in [0.717, 1.165) is 53.5 Å². The van der Waals surface area contributed by atoms with Gasteiger partial charge in [-0.1, -0.05) is 59.6 Å². The lowest BCUT2D eigenvalue weighted by atomic mass is 9.64. The molecule has 1 spiro atoms. The summed E-state index contributed by atoms with van der Waals surface area (Å²) in [5, 5.41) is 7.80. The van der Waals surface area contributed by atoms with E-state index in [1.165, 1.54) is 5.56 Å². The number of fused-ring (bicyclic) bond motifs is 4. The fourth-order valence-corrected chi connectivity index (χ4v) is 6.56. The zero-order chi connectivity index (χ0) is 24.2. The van der Waals surface area contributed by atoms with Crippen molar-refractivity contribution in [3.8, 4) is 0 Å². The Kier molecular flexibility index (Phi) is 5.62. The van der Waals surface area contributed by atoms with Gasteiger partial charge < -0.3 is 4.90 Å². The van der Waals surface area contributed by atoms with E-state index in [9.17, 15) is 4.79 Å². The molecule has 1 amide bonds. The third-order valence-electron chi connectivity index (χ3n) is 8.01. The van der Waals surface area contributed by atoms with Crippen molar-refractivity contribution in [2.75, 3.05) is 16.5 Å². The predicted molar refractivity (Wildman–Crippen MR) is 144 cm³/mol. The normalized spacial score (nSPS) is 25.5.